The first kappa shape index (κ1) is 19.8. The van der Waals surface area contributed by atoms with Gasteiger partial charge in [0.2, 0.25) is 0 Å². The number of hydrogen-bond acceptors (Lipinski definition) is 4. The second-order valence-electron chi connectivity index (χ2n) is 7.29. The van der Waals surface area contributed by atoms with Crippen molar-refractivity contribution in [3.8, 4) is 10.4 Å². The number of carbonyl (C=O) groups excluding carboxylic acids is 2. The molecule has 29 heavy (non-hydrogen) atoms. The molecule has 2 fully saturated rings. The fourth-order valence-electron chi connectivity index (χ4n) is 3.89. The van der Waals surface area contributed by atoms with Crippen LogP contribution < -0.4 is 5.32 Å². The van der Waals surface area contributed by atoms with E-state index in [0.717, 1.165) is 6.42 Å². The Balaban J connectivity index is 1.58. The number of aryl methyl sites for hydroxylation is 1. The SMILES string of the molecule is Cc1nc(C(=O)N2C3C[C@H]3C[C@H]2CNC(=O)C(F)(F)F)c(-c2cccc(F)c2)s1. The van der Waals surface area contributed by atoms with Crippen LogP contribution in [0.25, 0.3) is 10.4 Å². The van der Waals surface area contributed by atoms with Crippen molar-refractivity contribution in [1.29, 1.82) is 0 Å². The lowest BCUT2D eigenvalue weighted by molar-refractivity contribution is -0.173. The number of rotatable bonds is 4. The summed E-state index contributed by atoms with van der Waals surface area (Å²) in [5, 5.41) is 2.50. The molecule has 2 aromatic rings. The molecule has 10 heteroatoms. The number of carbonyl (C=O) groups is 2. The van der Waals surface area contributed by atoms with E-state index in [-0.39, 0.29) is 24.2 Å². The van der Waals surface area contributed by atoms with Gasteiger partial charge in [-0.1, -0.05) is 12.1 Å². The Hall–Kier alpha value is -2.49. The number of aromatic nitrogens is 1. The lowest BCUT2D eigenvalue weighted by Gasteiger charge is -2.27. The predicted molar refractivity (Wildman–Crippen MR) is 97.8 cm³/mol. The maximum atomic E-state index is 13.7. The molecule has 4 rings (SSSR count). The van der Waals surface area contributed by atoms with Crippen molar-refractivity contribution in [3.63, 3.8) is 0 Å². The number of piperidine rings is 1. The van der Waals surface area contributed by atoms with Crippen molar-refractivity contribution < 1.29 is 27.2 Å². The number of likely N-dealkylation sites (tertiary alicyclic amines) is 1. The Morgan fingerprint density at radius 2 is 2.07 bits per heavy atom. The zero-order valence-electron chi connectivity index (χ0n) is 15.3. The summed E-state index contributed by atoms with van der Waals surface area (Å²) >= 11 is 1.26. The molecule has 1 aliphatic heterocycles. The quantitative estimate of drug-likeness (QED) is 0.760. The molecule has 1 unspecified atom stereocenters. The molecule has 0 radical (unpaired) electrons. The topological polar surface area (TPSA) is 62.3 Å². The molecule has 1 aromatic carbocycles. The highest BCUT2D eigenvalue weighted by molar-refractivity contribution is 7.15. The number of nitrogens with zero attached hydrogens (tertiary/aromatic N) is 2. The molecular formula is C19H17F4N3O2S. The summed E-state index contributed by atoms with van der Waals surface area (Å²) in [5.74, 6) is -2.63. The number of alkyl halides is 3. The lowest BCUT2D eigenvalue weighted by Crippen LogP contribution is -2.48. The molecule has 3 atom stereocenters. The third kappa shape index (κ3) is 3.85. The summed E-state index contributed by atoms with van der Waals surface area (Å²) in [4.78, 5) is 30.8. The summed E-state index contributed by atoms with van der Waals surface area (Å²) in [6.45, 7) is 1.46. The molecule has 0 bridgehead atoms. The normalized spacial score (nSPS) is 23.1. The molecule has 2 aliphatic rings. The Morgan fingerprint density at radius 1 is 1.31 bits per heavy atom. The number of nitrogens with one attached hydrogen (secondary N) is 1. The monoisotopic (exact) mass is 427 g/mol. The van der Waals surface area contributed by atoms with Gasteiger partial charge < -0.3 is 10.2 Å². The first-order chi connectivity index (χ1) is 13.6. The van der Waals surface area contributed by atoms with Gasteiger partial charge in [0.1, 0.15) is 11.5 Å². The van der Waals surface area contributed by atoms with Gasteiger partial charge >= 0.3 is 12.1 Å². The van der Waals surface area contributed by atoms with E-state index in [9.17, 15) is 27.2 Å². The van der Waals surface area contributed by atoms with Gasteiger partial charge in [-0.05, 0) is 43.4 Å². The van der Waals surface area contributed by atoms with Gasteiger partial charge in [0, 0.05) is 12.6 Å². The van der Waals surface area contributed by atoms with Crippen LogP contribution in [-0.2, 0) is 4.79 Å². The van der Waals surface area contributed by atoms with Crippen LogP contribution in [0.5, 0.6) is 0 Å². The molecule has 2 heterocycles. The first-order valence-corrected chi connectivity index (χ1v) is 9.88. The Labute approximate surface area is 167 Å². The minimum Gasteiger partial charge on any atom is -0.346 e. The smallest absolute Gasteiger partial charge is 0.346 e. The van der Waals surface area contributed by atoms with Crippen molar-refractivity contribution in [3.05, 3.63) is 40.8 Å². The number of hydrogen-bond donors (Lipinski definition) is 1. The van der Waals surface area contributed by atoms with Crippen molar-refractivity contribution in [2.75, 3.05) is 6.54 Å². The molecule has 2 amide bonds. The average molecular weight is 427 g/mol. The molecule has 1 N–H and O–H groups in total. The summed E-state index contributed by atoms with van der Waals surface area (Å²) in [7, 11) is 0. The second kappa shape index (κ2) is 7.08. The first-order valence-electron chi connectivity index (χ1n) is 9.06. The fraction of sp³-hybridized carbons (Fsp3) is 0.421. The van der Waals surface area contributed by atoms with Crippen LogP contribution in [0.2, 0.25) is 0 Å². The Kier molecular flexibility index (Phi) is 4.84. The highest BCUT2D eigenvalue weighted by Gasteiger charge is 2.54. The number of halogens is 4. The lowest BCUT2D eigenvalue weighted by atomic mass is 10.1. The van der Waals surface area contributed by atoms with Crippen LogP contribution in [0, 0.1) is 18.7 Å². The summed E-state index contributed by atoms with van der Waals surface area (Å²) in [6.07, 6.45) is -3.65. The molecule has 154 valence electrons. The standard InChI is InChI=1S/C19H17F4N3O2S/c1-9-25-15(16(29-9)10-3-2-4-12(20)5-10)17(27)26-13(6-11-7-14(11)26)8-24-18(28)19(21,22)23/h2-5,11,13-14H,6-8H2,1H3,(H,24,28)/t11-,13+,14?/m1/s1. The second-order valence-corrected chi connectivity index (χ2v) is 8.50. The zero-order chi connectivity index (χ0) is 20.9. The largest absolute Gasteiger partial charge is 0.471 e. The highest BCUT2D eigenvalue weighted by atomic mass is 32.1. The van der Waals surface area contributed by atoms with E-state index in [1.165, 1.54) is 29.5 Å². The zero-order valence-corrected chi connectivity index (χ0v) is 16.1. The van der Waals surface area contributed by atoms with E-state index in [1.54, 1.807) is 17.9 Å². The van der Waals surface area contributed by atoms with Crippen molar-refractivity contribution in [2.24, 2.45) is 5.92 Å². The maximum Gasteiger partial charge on any atom is 0.471 e. The summed E-state index contributed by atoms with van der Waals surface area (Å²) < 4.78 is 51.1. The Bertz CT molecular complexity index is 975. The van der Waals surface area contributed by atoms with Gasteiger partial charge in [0.05, 0.1) is 15.9 Å². The van der Waals surface area contributed by atoms with Crippen molar-refractivity contribution in [1.82, 2.24) is 15.2 Å². The van der Waals surface area contributed by atoms with Gasteiger partial charge in [0.15, 0.2) is 0 Å². The fourth-order valence-corrected chi connectivity index (χ4v) is 4.79. The molecule has 5 nitrogen and oxygen atoms in total. The number of amides is 2. The molecule has 1 saturated carbocycles. The van der Waals surface area contributed by atoms with Gasteiger partial charge in [0.25, 0.3) is 5.91 Å². The van der Waals surface area contributed by atoms with Gasteiger partial charge in [-0.15, -0.1) is 11.3 Å². The van der Waals surface area contributed by atoms with E-state index in [0.29, 0.717) is 21.9 Å². The van der Waals surface area contributed by atoms with Crippen molar-refractivity contribution in [2.45, 2.75) is 38.0 Å². The summed E-state index contributed by atoms with van der Waals surface area (Å²) in [6, 6.07) is 5.24. The maximum absolute atomic E-state index is 13.7. The van der Waals surface area contributed by atoms with Crippen LogP contribution in [0.3, 0.4) is 0 Å². The highest BCUT2D eigenvalue weighted by Crippen LogP contribution is 2.48. The van der Waals surface area contributed by atoms with Gasteiger partial charge in [-0.25, -0.2) is 9.37 Å². The van der Waals surface area contributed by atoms with Crippen LogP contribution in [-0.4, -0.2) is 46.5 Å². The van der Waals surface area contributed by atoms with E-state index in [2.05, 4.69) is 4.98 Å². The molecule has 1 aromatic heterocycles. The molecule has 1 saturated heterocycles. The van der Waals surface area contributed by atoms with Crippen LogP contribution in [0.4, 0.5) is 17.6 Å². The van der Waals surface area contributed by atoms with Crippen LogP contribution in [0.1, 0.15) is 28.3 Å². The minimum absolute atomic E-state index is 0.0577. The van der Waals surface area contributed by atoms with E-state index < -0.39 is 29.8 Å². The summed E-state index contributed by atoms with van der Waals surface area (Å²) in [5.41, 5.74) is 0.685. The third-order valence-corrected chi connectivity index (χ3v) is 6.24. The molecule has 1 aliphatic carbocycles. The van der Waals surface area contributed by atoms with E-state index >= 15 is 0 Å². The average Bonchev–Trinajstić information content (AvgIpc) is 3.13. The van der Waals surface area contributed by atoms with Crippen LogP contribution in [0.15, 0.2) is 24.3 Å². The predicted octanol–water partition coefficient (Wildman–Crippen LogP) is 3.54. The van der Waals surface area contributed by atoms with E-state index in [1.807, 2.05) is 5.32 Å². The van der Waals surface area contributed by atoms with Gasteiger partial charge in [-0.3, -0.25) is 9.59 Å². The van der Waals surface area contributed by atoms with E-state index in [4.69, 9.17) is 0 Å². The minimum atomic E-state index is -4.97. The van der Waals surface area contributed by atoms with Gasteiger partial charge in [-0.2, -0.15) is 13.2 Å². The third-order valence-electron chi connectivity index (χ3n) is 5.22. The Morgan fingerprint density at radius 3 is 2.76 bits per heavy atom. The molecule has 0 spiro atoms. The van der Waals surface area contributed by atoms with Crippen LogP contribution >= 0.6 is 11.3 Å². The van der Waals surface area contributed by atoms with Crippen molar-refractivity contribution >= 4 is 23.2 Å². The number of fused-ring (bicyclic) bond motifs is 1. The number of benzene rings is 1. The number of thiazole rings is 1. The molecular weight excluding hydrogens is 410 g/mol.